The van der Waals surface area contributed by atoms with E-state index in [1.165, 1.54) is 32.1 Å². The molecule has 0 bridgehead atoms. The average molecular weight is 398 g/mol. The van der Waals surface area contributed by atoms with Crippen molar-refractivity contribution in [3.05, 3.63) is 35.4 Å². The highest BCUT2D eigenvalue weighted by Crippen LogP contribution is 2.17. The van der Waals surface area contributed by atoms with Crippen LogP contribution in [0.1, 0.15) is 43.2 Å². The Bertz CT molecular complexity index is 501. The number of guanidine groups is 1. The van der Waals surface area contributed by atoms with Gasteiger partial charge in [0.15, 0.2) is 5.96 Å². The normalized spacial score (nSPS) is 15.7. The maximum Gasteiger partial charge on any atom is 0.191 e. The molecule has 0 unspecified atom stereocenters. The second-order valence-electron chi connectivity index (χ2n) is 5.22. The van der Waals surface area contributed by atoms with E-state index in [0.29, 0.717) is 18.2 Å². The summed E-state index contributed by atoms with van der Waals surface area (Å²) in [5.74, 6) is 0.847. The first-order valence-electron chi connectivity index (χ1n) is 7.28. The molecule has 21 heavy (non-hydrogen) atoms. The minimum Gasteiger partial charge on any atom is -0.354 e. The Morgan fingerprint density at radius 1 is 1.33 bits per heavy atom. The SMILES string of the molecule is CN=C(NCc1cccc(C#N)c1)NC1CCCCC1.I. The van der Waals surface area contributed by atoms with Gasteiger partial charge in [0, 0.05) is 19.6 Å². The largest absolute Gasteiger partial charge is 0.354 e. The molecule has 1 aromatic carbocycles. The van der Waals surface area contributed by atoms with Crippen molar-refractivity contribution in [2.75, 3.05) is 7.05 Å². The number of halogens is 1. The highest BCUT2D eigenvalue weighted by atomic mass is 127. The minimum atomic E-state index is 0. The molecule has 2 N–H and O–H groups in total. The van der Waals surface area contributed by atoms with Crippen LogP contribution in [0.2, 0.25) is 0 Å². The Balaban J connectivity index is 0.00000220. The predicted octanol–water partition coefficient (Wildman–Crippen LogP) is 3.17. The first kappa shape index (κ1) is 17.8. The summed E-state index contributed by atoms with van der Waals surface area (Å²) in [5.41, 5.74) is 1.79. The summed E-state index contributed by atoms with van der Waals surface area (Å²) in [4.78, 5) is 4.27. The Labute approximate surface area is 144 Å². The Kier molecular flexibility index (Phi) is 8.13. The molecule has 114 valence electrons. The van der Waals surface area contributed by atoms with Crippen LogP contribution in [0.15, 0.2) is 29.3 Å². The van der Waals surface area contributed by atoms with E-state index in [-0.39, 0.29) is 24.0 Å². The molecular weight excluding hydrogens is 375 g/mol. The third-order valence-corrected chi connectivity index (χ3v) is 3.69. The molecule has 5 heteroatoms. The van der Waals surface area contributed by atoms with E-state index in [0.717, 1.165) is 11.5 Å². The number of benzene rings is 1. The molecule has 1 aromatic rings. The molecule has 0 heterocycles. The van der Waals surface area contributed by atoms with E-state index in [1.54, 1.807) is 7.05 Å². The maximum atomic E-state index is 8.90. The lowest BCUT2D eigenvalue weighted by Gasteiger charge is -2.24. The molecule has 0 atom stereocenters. The van der Waals surface area contributed by atoms with Crippen molar-refractivity contribution < 1.29 is 0 Å². The number of hydrogen-bond acceptors (Lipinski definition) is 2. The molecule has 0 amide bonds. The number of nitrogens with one attached hydrogen (secondary N) is 2. The number of rotatable bonds is 3. The predicted molar refractivity (Wildman–Crippen MR) is 96.8 cm³/mol. The zero-order valence-electron chi connectivity index (χ0n) is 12.4. The molecule has 0 saturated heterocycles. The van der Waals surface area contributed by atoms with Gasteiger partial charge in [0.05, 0.1) is 11.6 Å². The molecule has 0 aromatic heterocycles. The molecular formula is C16H23IN4. The van der Waals surface area contributed by atoms with Gasteiger partial charge in [-0.1, -0.05) is 31.4 Å². The van der Waals surface area contributed by atoms with Crippen molar-refractivity contribution in [2.45, 2.75) is 44.7 Å². The fraction of sp³-hybridized carbons (Fsp3) is 0.500. The Morgan fingerprint density at radius 2 is 2.10 bits per heavy atom. The Hall–Kier alpha value is -1.29. The minimum absolute atomic E-state index is 0. The molecule has 0 radical (unpaired) electrons. The number of hydrogen-bond donors (Lipinski definition) is 2. The summed E-state index contributed by atoms with van der Waals surface area (Å²) < 4.78 is 0. The zero-order valence-corrected chi connectivity index (χ0v) is 14.8. The summed E-state index contributed by atoms with van der Waals surface area (Å²) in [7, 11) is 1.80. The van der Waals surface area contributed by atoms with Gasteiger partial charge in [0.25, 0.3) is 0 Å². The zero-order chi connectivity index (χ0) is 14.2. The van der Waals surface area contributed by atoms with Crippen molar-refractivity contribution in [2.24, 2.45) is 4.99 Å². The van der Waals surface area contributed by atoms with E-state index in [1.807, 2.05) is 24.3 Å². The molecule has 2 rings (SSSR count). The molecule has 1 saturated carbocycles. The Morgan fingerprint density at radius 3 is 2.76 bits per heavy atom. The van der Waals surface area contributed by atoms with Crippen LogP contribution in [0.25, 0.3) is 0 Å². The average Bonchev–Trinajstić information content (AvgIpc) is 2.52. The first-order valence-corrected chi connectivity index (χ1v) is 7.28. The monoisotopic (exact) mass is 398 g/mol. The van der Waals surface area contributed by atoms with Crippen molar-refractivity contribution in [1.29, 1.82) is 5.26 Å². The molecule has 0 spiro atoms. The van der Waals surface area contributed by atoms with Gasteiger partial charge in [-0.05, 0) is 30.5 Å². The van der Waals surface area contributed by atoms with Crippen molar-refractivity contribution in [3.8, 4) is 6.07 Å². The summed E-state index contributed by atoms with van der Waals surface area (Å²) in [6, 6.07) is 10.3. The summed E-state index contributed by atoms with van der Waals surface area (Å²) >= 11 is 0. The second-order valence-corrected chi connectivity index (χ2v) is 5.22. The van der Waals surface area contributed by atoms with Gasteiger partial charge in [0.1, 0.15) is 0 Å². The van der Waals surface area contributed by atoms with Crippen molar-refractivity contribution in [3.63, 3.8) is 0 Å². The second kappa shape index (κ2) is 9.61. The van der Waals surface area contributed by atoms with Crippen LogP contribution in [0.4, 0.5) is 0 Å². The number of nitriles is 1. The van der Waals surface area contributed by atoms with Crippen LogP contribution in [-0.2, 0) is 6.54 Å². The topological polar surface area (TPSA) is 60.2 Å². The van der Waals surface area contributed by atoms with E-state index >= 15 is 0 Å². The van der Waals surface area contributed by atoms with E-state index < -0.39 is 0 Å². The fourth-order valence-corrected chi connectivity index (χ4v) is 2.57. The molecule has 1 aliphatic rings. The molecule has 1 fully saturated rings. The van der Waals surface area contributed by atoms with Gasteiger partial charge in [-0.25, -0.2) is 0 Å². The molecule has 4 nitrogen and oxygen atoms in total. The van der Waals surface area contributed by atoms with Gasteiger partial charge in [0.2, 0.25) is 0 Å². The molecule has 1 aliphatic carbocycles. The van der Waals surface area contributed by atoms with Gasteiger partial charge in [-0.15, -0.1) is 24.0 Å². The van der Waals surface area contributed by atoms with Crippen LogP contribution in [0.5, 0.6) is 0 Å². The fourth-order valence-electron chi connectivity index (χ4n) is 2.57. The summed E-state index contributed by atoms with van der Waals surface area (Å²) in [6.45, 7) is 0.682. The number of aliphatic imine (C=N–C) groups is 1. The van der Waals surface area contributed by atoms with E-state index in [2.05, 4.69) is 21.7 Å². The highest BCUT2D eigenvalue weighted by molar-refractivity contribution is 14.0. The van der Waals surface area contributed by atoms with Crippen LogP contribution in [0.3, 0.4) is 0 Å². The van der Waals surface area contributed by atoms with Crippen molar-refractivity contribution >= 4 is 29.9 Å². The summed E-state index contributed by atoms with van der Waals surface area (Å²) in [5, 5.41) is 15.7. The maximum absolute atomic E-state index is 8.90. The highest BCUT2D eigenvalue weighted by Gasteiger charge is 2.14. The van der Waals surface area contributed by atoms with Gasteiger partial charge < -0.3 is 10.6 Å². The van der Waals surface area contributed by atoms with Crippen LogP contribution in [-0.4, -0.2) is 19.0 Å². The summed E-state index contributed by atoms with van der Waals surface area (Å²) in [6.07, 6.45) is 6.41. The van der Waals surface area contributed by atoms with Gasteiger partial charge in [-0.3, -0.25) is 4.99 Å². The lowest BCUT2D eigenvalue weighted by Crippen LogP contribution is -2.43. The number of nitrogens with zero attached hydrogens (tertiary/aromatic N) is 2. The smallest absolute Gasteiger partial charge is 0.191 e. The standard InChI is InChI=1S/C16H22N4.HI/c1-18-16(20-15-8-3-2-4-9-15)19-12-14-7-5-6-13(10-14)11-17;/h5-7,10,15H,2-4,8-9,12H2,1H3,(H2,18,19,20);1H. The first-order chi connectivity index (χ1) is 9.81. The van der Waals surface area contributed by atoms with E-state index in [9.17, 15) is 0 Å². The molecule has 0 aliphatic heterocycles. The quantitative estimate of drug-likeness (QED) is 0.467. The van der Waals surface area contributed by atoms with Crippen LogP contribution >= 0.6 is 24.0 Å². The van der Waals surface area contributed by atoms with Gasteiger partial charge in [-0.2, -0.15) is 5.26 Å². The van der Waals surface area contributed by atoms with Crippen LogP contribution < -0.4 is 10.6 Å². The third-order valence-electron chi connectivity index (χ3n) is 3.69. The van der Waals surface area contributed by atoms with Gasteiger partial charge >= 0.3 is 0 Å². The van der Waals surface area contributed by atoms with Crippen LogP contribution in [0, 0.1) is 11.3 Å². The van der Waals surface area contributed by atoms with E-state index in [4.69, 9.17) is 5.26 Å². The van der Waals surface area contributed by atoms with Crippen molar-refractivity contribution in [1.82, 2.24) is 10.6 Å². The lowest BCUT2D eigenvalue weighted by molar-refractivity contribution is 0.410. The lowest BCUT2D eigenvalue weighted by atomic mass is 9.96. The third kappa shape index (κ3) is 5.92.